The lowest BCUT2D eigenvalue weighted by atomic mass is 9.91. The van der Waals surface area contributed by atoms with Gasteiger partial charge in [-0.2, -0.15) is 0 Å². The zero-order chi connectivity index (χ0) is 19.9. The molecule has 3 aromatic rings. The van der Waals surface area contributed by atoms with Crippen LogP contribution in [0.4, 0.5) is 0 Å². The molecule has 0 saturated carbocycles. The van der Waals surface area contributed by atoms with Crippen LogP contribution in [0.25, 0.3) is 10.9 Å². The normalized spacial score (nSPS) is 17.6. The third kappa shape index (κ3) is 5.42. The molecule has 1 aliphatic rings. The van der Waals surface area contributed by atoms with Gasteiger partial charge in [0, 0.05) is 29.7 Å². The van der Waals surface area contributed by atoms with Gasteiger partial charge in [0.25, 0.3) is 0 Å². The van der Waals surface area contributed by atoms with E-state index in [0.29, 0.717) is 6.61 Å². The van der Waals surface area contributed by atoms with E-state index in [-0.39, 0.29) is 0 Å². The van der Waals surface area contributed by atoms with Crippen molar-refractivity contribution in [3.8, 4) is 5.75 Å². The van der Waals surface area contributed by atoms with Crippen molar-refractivity contribution in [3.63, 3.8) is 0 Å². The first kappa shape index (κ1) is 20.0. The number of nitrogens with one attached hydrogen (secondary N) is 1. The van der Waals surface area contributed by atoms with Crippen LogP contribution >= 0.6 is 0 Å². The maximum absolute atomic E-state index is 5.61. The summed E-state index contributed by atoms with van der Waals surface area (Å²) < 4.78 is 5.61. The molecule has 0 aliphatic carbocycles. The summed E-state index contributed by atoms with van der Waals surface area (Å²) in [5, 5.41) is 1.34. The molecule has 1 unspecified atom stereocenters. The van der Waals surface area contributed by atoms with Crippen LogP contribution in [0.3, 0.4) is 0 Å². The Morgan fingerprint density at radius 3 is 2.86 bits per heavy atom. The number of nitrogens with zero attached hydrogens (tertiary/aromatic N) is 1. The number of likely N-dealkylation sites (tertiary alicyclic amines) is 1. The van der Waals surface area contributed by atoms with E-state index in [0.717, 1.165) is 18.1 Å². The summed E-state index contributed by atoms with van der Waals surface area (Å²) in [4.78, 5) is 6.11. The molecule has 1 N–H and O–H groups in total. The second-order valence-electron chi connectivity index (χ2n) is 8.41. The molecule has 0 spiro atoms. The Kier molecular flexibility index (Phi) is 6.89. The highest BCUT2D eigenvalue weighted by Gasteiger charge is 2.19. The quantitative estimate of drug-likeness (QED) is 0.465. The van der Waals surface area contributed by atoms with E-state index in [1.165, 1.54) is 73.8 Å². The highest BCUT2D eigenvalue weighted by Crippen LogP contribution is 2.25. The topological polar surface area (TPSA) is 28.3 Å². The van der Waals surface area contributed by atoms with E-state index in [1.54, 1.807) is 0 Å². The minimum Gasteiger partial charge on any atom is -0.494 e. The van der Waals surface area contributed by atoms with Crippen LogP contribution in [-0.4, -0.2) is 36.1 Å². The fourth-order valence-corrected chi connectivity index (χ4v) is 4.75. The molecular formula is C26H34N2O. The van der Waals surface area contributed by atoms with E-state index in [2.05, 4.69) is 64.6 Å². The predicted octanol–water partition coefficient (Wildman–Crippen LogP) is 5.84. The largest absolute Gasteiger partial charge is 0.494 e. The molecule has 3 heteroatoms. The van der Waals surface area contributed by atoms with Gasteiger partial charge in [0.2, 0.25) is 0 Å². The van der Waals surface area contributed by atoms with Crippen molar-refractivity contribution in [1.29, 1.82) is 0 Å². The maximum atomic E-state index is 5.61. The molecule has 29 heavy (non-hydrogen) atoms. The smallest absolute Gasteiger partial charge is 0.121 e. The van der Waals surface area contributed by atoms with E-state index >= 15 is 0 Å². The average molecular weight is 391 g/mol. The number of H-pyrrole nitrogens is 1. The van der Waals surface area contributed by atoms with Crippen LogP contribution < -0.4 is 4.74 Å². The Balaban J connectivity index is 1.22. The summed E-state index contributed by atoms with van der Waals surface area (Å²) in [5.74, 6) is 1.77. The first-order valence-corrected chi connectivity index (χ1v) is 11.3. The van der Waals surface area contributed by atoms with Crippen molar-refractivity contribution in [3.05, 3.63) is 65.9 Å². The first-order valence-electron chi connectivity index (χ1n) is 11.3. The first-order chi connectivity index (χ1) is 14.3. The third-order valence-electron chi connectivity index (χ3n) is 6.19. The minimum absolute atomic E-state index is 0.710. The Hall–Kier alpha value is -2.26. The monoisotopic (exact) mass is 390 g/mol. The number of unbranched alkanes of at least 4 members (excludes halogenated alkanes) is 1. The minimum atomic E-state index is 0.710. The average Bonchev–Trinajstić information content (AvgIpc) is 3.15. The van der Waals surface area contributed by atoms with E-state index in [1.807, 2.05) is 6.92 Å². The molecule has 4 rings (SSSR count). The number of aryl methyl sites for hydroxylation is 1. The molecule has 2 aromatic carbocycles. The summed E-state index contributed by atoms with van der Waals surface area (Å²) in [6.07, 6.45) is 9.82. The number of rotatable bonds is 9. The summed E-state index contributed by atoms with van der Waals surface area (Å²) in [6.45, 7) is 6.52. The molecule has 1 fully saturated rings. The van der Waals surface area contributed by atoms with E-state index in [4.69, 9.17) is 4.74 Å². The lowest BCUT2D eigenvalue weighted by Crippen LogP contribution is -2.36. The van der Waals surface area contributed by atoms with Crippen LogP contribution in [-0.2, 0) is 12.8 Å². The van der Waals surface area contributed by atoms with Crippen LogP contribution in [0.5, 0.6) is 5.75 Å². The standard InChI is InChI=1S/C26H34N2O/c1-2-29-24-13-14-25-23(19-27-26(25)18-24)12-6-7-15-28-16-8-11-22(20-28)17-21-9-4-3-5-10-21/h3-5,9-10,13-14,18-19,22,27H,2,6-8,11-12,15-17,20H2,1H3. The van der Waals surface area contributed by atoms with Gasteiger partial charge in [0.15, 0.2) is 0 Å². The van der Waals surface area contributed by atoms with Crippen molar-refractivity contribution in [2.75, 3.05) is 26.2 Å². The second-order valence-corrected chi connectivity index (χ2v) is 8.41. The van der Waals surface area contributed by atoms with Gasteiger partial charge in [0.1, 0.15) is 5.75 Å². The number of benzene rings is 2. The van der Waals surface area contributed by atoms with Crippen LogP contribution in [0.2, 0.25) is 0 Å². The lowest BCUT2D eigenvalue weighted by Gasteiger charge is -2.32. The fraction of sp³-hybridized carbons (Fsp3) is 0.462. The van der Waals surface area contributed by atoms with E-state index in [9.17, 15) is 0 Å². The number of aromatic amines is 1. The third-order valence-corrected chi connectivity index (χ3v) is 6.19. The van der Waals surface area contributed by atoms with Gasteiger partial charge in [-0.15, -0.1) is 0 Å². The number of ether oxygens (including phenoxy) is 1. The molecule has 2 heterocycles. The molecule has 1 aliphatic heterocycles. The molecule has 0 amide bonds. The summed E-state index contributed by atoms with van der Waals surface area (Å²) in [6, 6.07) is 17.4. The summed E-state index contributed by atoms with van der Waals surface area (Å²) in [7, 11) is 0. The highest BCUT2D eigenvalue weighted by molar-refractivity contribution is 5.84. The number of aromatic nitrogens is 1. The van der Waals surface area contributed by atoms with Crippen LogP contribution in [0.1, 0.15) is 43.7 Å². The van der Waals surface area contributed by atoms with Crippen molar-refractivity contribution in [2.45, 2.75) is 45.4 Å². The highest BCUT2D eigenvalue weighted by atomic mass is 16.5. The van der Waals surface area contributed by atoms with Gasteiger partial charge in [-0.1, -0.05) is 30.3 Å². The van der Waals surface area contributed by atoms with Crippen molar-refractivity contribution >= 4 is 10.9 Å². The molecule has 3 nitrogen and oxygen atoms in total. The Bertz CT molecular complexity index is 886. The van der Waals surface area contributed by atoms with Crippen molar-refractivity contribution in [1.82, 2.24) is 9.88 Å². The maximum Gasteiger partial charge on any atom is 0.121 e. The van der Waals surface area contributed by atoms with Gasteiger partial charge in [-0.25, -0.2) is 0 Å². The van der Waals surface area contributed by atoms with Crippen molar-refractivity contribution < 1.29 is 4.74 Å². The zero-order valence-corrected chi connectivity index (χ0v) is 17.7. The van der Waals surface area contributed by atoms with E-state index < -0.39 is 0 Å². The Morgan fingerprint density at radius 1 is 1.10 bits per heavy atom. The number of hydrogen-bond donors (Lipinski definition) is 1. The summed E-state index contributed by atoms with van der Waals surface area (Å²) in [5.41, 5.74) is 4.11. The van der Waals surface area contributed by atoms with Gasteiger partial charge >= 0.3 is 0 Å². The number of fused-ring (bicyclic) bond motifs is 1. The SMILES string of the molecule is CCOc1ccc2c(CCCCN3CCCC(Cc4ccccc4)C3)c[nH]c2c1. The van der Waals surface area contributed by atoms with Gasteiger partial charge in [-0.05, 0) is 87.7 Å². The predicted molar refractivity (Wildman–Crippen MR) is 122 cm³/mol. The molecular weight excluding hydrogens is 356 g/mol. The van der Waals surface area contributed by atoms with Crippen LogP contribution in [0, 0.1) is 5.92 Å². The Labute approximate surface area is 175 Å². The number of piperidine rings is 1. The molecule has 154 valence electrons. The molecule has 0 bridgehead atoms. The Morgan fingerprint density at radius 2 is 2.00 bits per heavy atom. The second kappa shape index (κ2) is 9.98. The number of hydrogen-bond acceptors (Lipinski definition) is 2. The molecule has 1 aromatic heterocycles. The fourth-order valence-electron chi connectivity index (χ4n) is 4.75. The summed E-state index contributed by atoms with van der Waals surface area (Å²) >= 11 is 0. The molecule has 1 saturated heterocycles. The molecule has 1 atom stereocenters. The van der Waals surface area contributed by atoms with Gasteiger partial charge in [-0.3, -0.25) is 0 Å². The van der Waals surface area contributed by atoms with Gasteiger partial charge < -0.3 is 14.6 Å². The lowest BCUT2D eigenvalue weighted by molar-refractivity contribution is 0.171. The van der Waals surface area contributed by atoms with Gasteiger partial charge in [0.05, 0.1) is 6.61 Å². The van der Waals surface area contributed by atoms with Crippen molar-refractivity contribution in [2.24, 2.45) is 5.92 Å². The zero-order valence-electron chi connectivity index (χ0n) is 17.7. The molecule has 0 radical (unpaired) electrons. The van der Waals surface area contributed by atoms with Crippen LogP contribution in [0.15, 0.2) is 54.7 Å².